The number of hydrogen-bond acceptors (Lipinski definition) is 5. The molecule has 2 aromatic heterocycles. The van der Waals surface area contributed by atoms with Crippen molar-refractivity contribution in [1.82, 2.24) is 24.4 Å². The zero-order valence-corrected chi connectivity index (χ0v) is 14.9. The largest absolute Gasteiger partial charge is 0.350 e. The van der Waals surface area contributed by atoms with Crippen molar-refractivity contribution < 1.29 is 13.2 Å². The molecular weight excluding hydrogens is 342 g/mol. The highest BCUT2D eigenvalue weighted by Crippen LogP contribution is 2.16. The average molecular weight is 363 g/mol. The highest BCUT2D eigenvalue weighted by Gasteiger charge is 2.22. The van der Waals surface area contributed by atoms with Gasteiger partial charge >= 0.3 is 0 Å². The fourth-order valence-electron chi connectivity index (χ4n) is 2.80. The van der Waals surface area contributed by atoms with Gasteiger partial charge in [0.2, 0.25) is 15.9 Å². The van der Waals surface area contributed by atoms with E-state index in [9.17, 15) is 13.2 Å². The summed E-state index contributed by atoms with van der Waals surface area (Å²) in [5, 5.41) is 7.31. The number of aromatic nitrogens is 3. The first-order chi connectivity index (χ1) is 11.9. The van der Waals surface area contributed by atoms with Crippen LogP contribution in [0.3, 0.4) is 0 Å². The van der Waals surface area contributed by atoms with Gasteiger partial charge < -0.3 is 5.32 Å². The van der Waals surface area contributed by atoms with Gasteiger partial charge in [0.15, 0.2) is 0 Å². The SMILES string of the molecule is CS(=O)(=O)N1CCCn2nc(CNC(=O)Cc3cccnc3)cc2C1. The van der Waals surface area contributed by atoms with Gasteiger partial charge in [-0.15, -0.1) is 0 Å². The highest BCUT2D eigenvalue weighted by molar-refractivity contribution is 7.88. The highest BCUT2D eigenvalue weighted by atomic mass is 32.2. The maximum Gasteiger partial charge on any atom is 0.224 e. The molecule has 8 nitrogen and oxygen atoms in total. The summed E-state index contributed by atoms with van der Waals surface area (Å²) in [5.74, 6) is -0.103. The molecule has 0 bridgehead atoms. The summed E-state index contributed by atoms with van der Waals surface area (Å²) in [7, 11) is -3.23. The van der Waals surface area contributed by atoms with Crippen LogP contribution in [0.4, 0.5) is 0 Å². The van der Waals surface area contributed by atoms with Crippen LogP contribution in [-0.4, -0.2) is 46.2 Å². The predicted molar refractivity (Wildman–Crippen MR) is 91.9 cm³/mol. The second-order valence-electron chi connectivity index (χ2n) is 6.12. The summed E-state index contributed by atoms with van der Waals surface area (Å²) in [4.78, 5) is 16.0. The van der Waals surface area contributed by atoms with E-state index < -0.39 is 10.0 Å². The van der Waals surface area contributed by atoms with Gasteiger partial charge in [0.05, 0.1) is 37.2 Å². The Balaban J connectivity index is 1.61. The van der Waals surface area contributed by atoms with Gasteiger partial charge in [-0.05, 0) is 24.1 Å². The number of aryl methyl sites for hydroxylation is 1. The van der Waals surface area contributed by atoms with Crippen LogP contribution in [0.1, 0.15) is 23.4 Å². The van der Waals surface area contributed by atoms with Crippen molar-refractivity contribution in [3.8, 4) is 0 Å². The summed E-state index contributed by atoms with van der Waals surface area (Å²) in [6.45, 7) is 1.80. The molecule has 0 spiro atoms. The second-order valence-corrected chi connectivity index (χ2v) is 8.10. The van der Waals surface area contributed by atoms with E-state index in [1.165, 1.54) is 10.6 Å². The van der Waals surface area contributed by atoms with Crippen LogP contribution in [0, 0.1) is 0 Å². The number of hydrogen-bond donors (Lipinski definition) is 1. The number of carbonyl (C=O) groups excluding carboxylic acids is 1. The number of rotatable bonds is 5. The molecule has 0 aliphatic carbocycles. The number of amides is 1. The van der Waals surface area contributed by atoms with E-state index in [0.29, 0.717) is 32.6 Å². The molecule has 0 unspecified atom stereocenters. The molecule has 3 rings (SSSR count). The monoisotopic (exact) mass is 363 g/mol. The first-order valence-electron chi connectivity index (χ1n) is 8.08. The molecule has 1 amide bonds. The van der Waals surface area contributed by atoms with Crippen LogP contribution in [0.2, 0.25) is 0 Å². The maximum absolute atomic E-state index is 12.0. The molecule has 0 saturated heterocycles. The minimum atomic E-state index is -3.23. The topological polar surface area (TPSA) is 97.2 Å². The lowest BCUT2D eigenvalue weighted by atomic mass is 10.2. The molecule has 0 aromatic carbocycles. The minimum absolute atomic E-state index is 0.103. The second kappa shape index (κ2) is 7.32. The number of nitrogens with zero attached hydrogens (tertiary/aromatic N) is 4. The molecule has 0 fully saturated rings. The molecule has 25 heavy (non-hydrogen) atoms. The Bertz CT molecular complexity index is 848. The minimum Gasteiger partial charge on any atom is -0.350 e. The van der Waals surface area contributed by atoms with Crippen molar-refractivity contribution in [1.29, 1.82) is 0 Å². The third kappa shape index (κ3) is 4.64. The average Bonchev–Trinajstić information content (AvgIpc) is 2.83. The summed E-state index contributed by atoms with van der Waals surface area (Å²) in [6, 6.07) is 5.50. The van der Waals surface area contributed by atoms with Gasteiger partial charge in [-0.2, -0.15) is 9.40 Å². The Kier molecular flexibility index (Phi) is 5.14. The molecule has 1 aliphatic rings. The van der Waals surface area contributed by atoms with Gasteiger partial charge in [-0.1, -0.05) is 6.07 Å². The fourth-order valence-corrected chi connectivity index (χ4v) is 3.63. The molecule has 3 heterocycles. The van der Waals surface area contributed by atoms with Crippen molar-refractivity contribution in [2.45, 2.75) is 32.5 Å². The van der Waals surface area contributed by atoms with E-state index in [0.717, 1.165) is 17.0 Å². The maximum atomic E-state index is 12.0. The van der Waals surface area contributed by atoms with Crippen molar-refractivity contribution >= 4 is 15.9 Å². The summed E-state index contributed by atoms with van der Waals surface area (Å²) in [5.41, 5.74) is 2.42. The third-order valence-electron chi connectivity index (χ3n) is 4.05. The van der Waals surface area contributed by atoms with Crippen LogP contribution in [0.15, 0.2) is 30.6 Å². The van der Waals surface area contributed by atoms with Gasteiger partial charge in [-0.3, -0.25) is 14.5 Å². The Labute approximate surface area is 146 Å². The molecule has 2 aromatic rings. The zero-order valence-electron chi connectivity index (χ0n) is 14.1. The first kappa shape index (κ1) is 17.6. The summed E-state index contributed by atoms with van der Waals surface area (Å²) < 4.78 is 26.8. The van der Waals surface area contributed by atoms with Crippen LogP contribution >= 0.6 is 0 Å². The molecule has 9 heteroatoms. The third-order valence-corrected chi connectivity index (χ3v) is 5.30. The molecule has 0 radical (unpaired) electrons. The van der Waals surface area contributed by atoms with E-state index >= 15 is 0 Å². The molecule has 134 valence electrons. The molecule has 0 saturated carbocycles. The van der Waals surface area contributed by atoms with Crippen LogP contribution < -0.4 is 5.32 Å². The van der Waals surface area contributed by atoms with E-state index in [2.05, 4.69) is 15.4 Å². The van der Waals surface area contributed by atoms with Gasteiger partial charge in [0.25, 0.3) is 0 Å². The molecule has 1 N–H and O–H groups in total. The van der Waals surface area contributed by atoms with Crippen molar-refractivity contribution in [3.05, 3.63) is 47.5 Å². The van der Waals surface area contributed by atoms with E-state index in [1.807, 2.05) is 16.8 Å². The standard InChI is InChI=1S/C16H21N5O3S/c1-25(23,24)20-6-3-7-21-15(12-20)9-14(19-21)11-18-16(22)8-13-4-2-5-17-10-13/h2,4-5,9-10H,3,6-8,11-12H2,1H3,(H,18,22). The lowest BCUT2D eigenvalue weighted by Gasteiger charge is -2.16. The van der Waals surface area contributed by atoms with Gasteiger partial charge in [0.1, 0.15) is 0 Å². The Hall–Kier alpha value is -2.26. The molecular formula is C16H21N5O3S. The normalized spacial score (nSPS) is 15.4. The number of fused-ring (bicyclic) bond motifs is 1. The van der Waals surface area contributed by atoms with E-state index in [1.54, 1.807) is 18.5 Å². The van der Waals surface area contributed by atoms with Crippen LogP contribution in [-0.2, 0) is 40.9 Å². The predicted octanol–water partition coefficient (Wildman–Crippen LogP) is 0.302. The quantitative estimate of drug-likeness (QED) is 0.824. The van der Waals surface area contributed by atoms with Crippen molar-refractivity contribution in [3.63, 3.8) is 0 Å². The van der Waals surface area contributed by atoms with E-state index in [4.69, 9.17) is 0 Å². The van der Waals surface area contributed by atoms with Crippen molar-refractivity contribution in [2.75, 3.05) is 12.8 Å². The van der Waals surface area contributed by atoms with E-state index in [-0.39, 0.29) is 12.3 Å². The smallest absolute Gasteiger partial charge is 0.224 e. The molecule has 0 atom stereocenters. The number of carbonyl (C=O) groups is 1. The van der Waals surface area contributed by atoms with Crippen LogP contribution in [0.25, 0.3) is 0 Å². The lowest BCUT2D eigenvalue weighted by Crippen LogP contribution is -2.29. The summed E-state index contributed by atoms with van der Waals surface area (Å²) in [6.07, 6.45) is 5.54. The Morgan fingerprint density at radius 1 is 1.36 bits per heavy atom. The van der Waals surface area contributed by atoms with Crippen molar-refractivity contribution in [2.24, 2.45) is 0 Å². The van der Waals surface area contributed by atoms with Gasteiger partial charge in [0, 0.05) is 25.5 Å². The molecule has 1 aliphatic heterocycles. The number of pyridine rings is 1. The van der Waals surface area contributed by atoms with Gasteiger partial charge in [-0.25, -0.2) is 8.42 Å². The number of nitrogens with one attached hydrogen (secondary N) is 1. The van der Waals surface area contributed by atoms with Crippen LogP contribution in [0.5, 0.6) is 0 Å². The zero-order chi connectivity index (χ0) is 17.9. The first-order valence-corrected chi connectivity index (χ1v) is 9.93. The summed E-state index contributed by atoms with van der Waals surface area (Å²) >= 11 is 0. The Morgan fingerprint density at radius 2 is 2.20 bits per heavy atom. The number of sulfonamides is 1. The lowest BCUT2D eigenvalue weighted by molar-refractivity contribution is -0.120. The fraction of sp³-hybridized carbons (Fsp3) is 0.438. The Morgan fingerprint density at radius 3 is 2.92 bits per heavy atom.